The van der Waals surface area contributed by atoms with Crippen LogP contribution in [0, 0.1) is 0 Å². The van der Waals surface area contributed by atoms with Gasteiger partial charge in [0.2, 0.25) is 0 Å². The van der Waals surface area contributed by atoms with Crippen LogP contribution in [0.2, 0.25) is 10.0 Å². The molecule has 9 heavy (non-hydrogen) atoms. The fraction of sp³-hybridized carbons (Fsp3) is 0.500. The molecule has 0 aromatic carbocycles. The van der Waals surface area contributed by atoms with Crippen LogP contribution in [0.5, 0.6) is 0 Å². The Morgan fingerprint density at radius 3 is 1.78 bits per heavy atom. The number of allylic oxidation sites excluding steroid dienone is 4. The van der Waals surface area contributed by atoms with Gasteiger partial charge in [0, 0.05) is 0 Å². The summed E-state index contributed by atoms with van der Waals surface area (Å²) in [5.41, 5.74) is 0. The molecule has 1 heteroatoms. The van der Waals surface area contributed by atoms with E-state index in [1.165, 1.54) is 10.0 Å². The van der Waals surface area contributed by atoms with Crippen LogP contribution < -0.4 is 0 Å². The first-order chi connectivity index (χ1) is 4.41. The van der Waals surface area contributed by atoms with Gasteiger partial charge >= 0.3 is 65.3 Å². The molecule has 0 aliphatic heterocycles. The molecular formula is C8H14Rh. The third-order valence-corrected chi connectivity index (χ3v) is 2.54. The van der Waals surface area contributed by atoms with Crippen molar-refractivity contribution < 1.29 is 17.1 Å². The minimum absolute atomic E-state index is 0.747. The third kappa shape index (κ3) is 8.10. The van der Waals surface area contributed by atoms with Gasteiger partial charge in [0.25, 0.3) is 0 Å². The average molecular weight is 213 g/mol. The van der Waals surface area contributed by atoms with E-state index in [0.29, 0.717) is 0 Å². The molecule has 0 aliphatic carbocycles. The molecular weight excluding hydrogens is 199 g/mol. The van der Waals surface area contributed by atoms with E-state index < -0.39 is 0 Å². The summed E-state index contributed by atoms with van der Waals surface area (Å²) < 4.78 is 0. The Hall–Kier alpha value is 0.103. The number of hydrogen-bond acceptors (Lipinski definition) is 0. The summed E-state index contributed by atoms with van der Waals surface area (Å²) in [7, 11) is 0. The van der Waals surface area contributed by atoms with Crippen molar-refractivity contribution in [3.63, 3.8) is 0 Å². The molecule has 0 nitrogen and oxygen atoms in total. The van der Waals surface area contributed by atoms with Crippen LogP contribution in [0.4, 0.5) is 0 Å². The van der Waals surface area contributed by atoms with Gasteiger partial charge in [-0.15, -0.1) is 0 Å². The molecule has 0 aromatic rings. The van der Waals surface area contributed by atoms with Crippen molar-refractivity contribution in [1.82, 2.24) is 0 Å². The Morgan fingerprint density at radius 2 is 1.44 bits per heavy atom. The van der Waals surface area contributed by atoms with Crippen molar-refractivity contribution in [2.24, 2.45) is 0 Å². The Balaban J connectivity index is 2.91. The van der Waals surface area contributed by atoms with E-state index in [4.69, 9.17) is 0 Å². The molecule has 0 radical (unpaired) electrons. The summed E-state index contributed by atoms with van der Waals surface area (Å²) >= 11 is 0.747. The van der Waals surface area contributed by atoms with E-state index in [0.717, 1.165) is 17.1 Å². The van der Waals surface area contributed by atoms with Gasteiger partial charge in [-0.3, -0.25) is 0 Å². The second-order valence-corrected chi connectivity index (χ2v) is 3.73. The van der Waals surface area contributed by atoms with Crippen LogP contribution in [-0.2, 0) is 17.1 Å². The molecule has 0 unspecified atom stereocenters. The van der Waals surface area contributed by atoms with Gasteiger partial charge in [-0.2, -0.15) is 0 Å². The van der Waals surface area contributed by atoms with Gasteiger partial charge in [-0.05, 0) is 0 Å². The van der Waals surface area contributed by atoms with E-state index in [9.17, 15) is 0 Å². The van der Waals surface area contributed by atoms with Crippen molar-refractivity contribution in [2.45, 2.75) is 23.9 Å². The molecule has 0 aliphatic rings. The normalized spacial score (nSPS) is 12.2. The summed E-state index contributed by atoms with van der Waals surface area (Å²) in [6.07, 6.45) is 8.73. The van der Waals surface area contributed by atoms with Crippen molar-refractivity contribution in [1.29, 1.82) is 0 Å². The fourth-order valence-electron chi connectivity index (χ4n) is 0.324. The predicted octanol–water partition coefficient (Wildman–Crippen LogP) is 3.06. The van der Waals surface area contributed by atoms with Crippen LogP contribution >= 0.6 is 0 Å². The maximum atomic E-state index is 2.24. The van der Waals surface area contributed by atoms with Gasteiger partial charge < -0.3 is 0 Å². The van der Waals surface area contributed by atoms with Gasteiger partial charge in [-0.25, -0.2) is 0 Å². The average Bonchev–Trinajstić information content (AvgIpc) is 1.89. The molecule has 0 spiro atoms. The molecule has 0 N–H and O–H groups in total. The number of rotatable bonds is 4. The first kappa shape index (κ1) is 9.10. The predicted molar refractivity (Wildman–Crippen MR) is 39.2 cm³/mol. The Labute approximate surface area is 65.6 Å². The zero-order valence-electron chi connectivity index (χ0n) is 6.06. The Bertz CT molecular complexity index is 80.7. The van der Waals surface area contributed by atoms with Crippen molar-refractivity contribution in [3.05, 3.63) is 24.3 Å². The molecule has 0 saturated carbocycles. The van der Waals surface area contributed by atoms with E-state index in [1.54, 1.807) is 0 Å². The van der Waals surface area contributed by atoms with E-state index in [-0.39, 0.29) is 0 Å². The quantitative estimate of drug-likeness (QED) is 0.382. The molecule has 0 saturated heterocycles. The summed E-state index contributed by atoms with van der Waals surface area (Å²) in [6, 6.07) is 0. The first-order valence-electron chi connectivity index (χ1n) is 3.11. The third-order valence-electron chi connectivity index (χ3n) is 0.821. The molecule has 0 bridgehead atoms. The minimum atomic E-state index is 0.747. The fourth-order valence-corrected chi connectivity index (χ4v) is 1.92. The molecule has 0 aromatic heterocycles. The van der Waals surface area contributed by atoms with Gasteiger partial charge in [0.1, 0.15) is 0 Å². The van der Waals surface area contributed by atoms with Crippen LogP contribution in [0.1, 0.15) is 13.8 Å². The number of hydrogen-bond donors (Lipinski definition) is 0. The zero-order chi connectivity index (χ0) is 6.95. The van der Waals surface area contributed by atoms with Gasteiger partial charge in [0.15, 0.2) is 0 Å². The molecule has 0 rings (SSSR count). The maximum absolute atomic E-state index is 2.24. The summed E-state index contributed by atoms with van der Waals surface area (Å²) in [4.78, 5) is 0. The van der Waals surface area contributed by atoms with Crippen molar-refractivity contribution in [2.75, 3.05) is 0 Å². The Kier molecular flexibility index (Phi) is 8.20. The standard InChI is InChI=1S/2C4H7.Rh/c2*1-3-4-2;/h2*3-4H,1H2,2H3;. The van der Waals surface area contributed by atoms with E-state index in [2.05, 4.69) is 38.2 Å². The zero-order valence-corrected chi connectivity index (χ0v) is 7.70. The van der Waals surface area contributed by atoms with Crippen molar-refractivity contribution >= 4 is 0 Å². The molecule has 0 heterocycles. The SMILES string of the molecule is CC=C[CH2][Rh][CH2]C=CC. The van der Waals surface area contributed by atoms with E-state index >= 15 is 0 Å². The van der Waals surface area contributed by atoms with Crippen LogP contribution in [0.3, 0.4) is 0 Å². The second-order valence-electron chi connectivity index (χ2n) is 1.58. The van der Waals surface area contributed by atoms with E-state index in [1.807, 2.05) is 0 Å². The Morgan fingerprint density at radius 1 is 1.00 bits per heavy atom. The van der Waals surface area contributed by atoms with Crippen LogP contribution in [0.25, 0.3) is 0 Å². The summed E-state index contributed by atoms with van der Waals surface area (Å²) in [6.45, 7) is 4.15. The molecule has 0 fully saturated rings. The monoisotopic (exact) mass is 213 g/mol. The van der Waals surface area contributed by atoms with Crippen LogP contribution in [0.15, 0.2) is 24.3 Å². The summed E-state index contributed by atoms with van der Waals surface area (Å²) in [5, 5.41) is 2.59. The van der Waals surface area contributed by atoms with Gasteiger partial charge in [-0.1, -0.05) is 0 Å². The first-order valence-corrected chi connectivity index (χ1v) is 5.43. The van der Waals surface area contributed by atoms with Crippen molar-refractivity contribution in [3.8, 4) is 0 Å². The summed E-state index contributed by atoms with van der Waals surface area (Å²) in [5.74, 6) is 0. The second kappa shape index (κ2) is 8.10. The molecule has 55 valence electrons. The molecule has 0 amide bonds. The topological polar surface area (TPSA) is 0 Å². The van der Waals surface area contributed by atoms with Crippen LogP contribution in [-0.4, -0.2) is 0 Å². The molecule has 0 atom stereocenters. The van der Waals surface area contributed by atoms with Gasteiger partial charge in [0.05, 0.1) is 0 Å².